The molecule has 6 heteroatoms. The van der Waals surface area contributed by atoms with Gasteiger partial charge in [-0.15, -0.1) is 0 Å². The van der Waals surface area contributed by atoms with Crippen LogP contribution in [0.5, 0.6) is 0 Å². The van der Waals surface area contributed by atoms with Gasteiger partial charge in [0.15, 0.2) is 5.69 Å². The molecule has 1 heterocycles. The number of aryl methyl sites for hydroxylation is 2. The van der Waals surface area contributed by atoms with Crippen molar-refractivity contribution in [2.75, 3.05) is 12.8 Å². The highest BCUT2D eigenvalue weighted by molar-refractivity contribution is 5.92. The lowest BCUT2D eigenvalue weighted by Crippen LogP contribution is -2.09. The molecule has 0 radical (unpaired) electrons. The van der Waals surface area contributed by atoms with Gasteiger partial charge in [0.1, 0.15) is 17.7 Å². The summed E-state index contributed by atoms with van der Waals surface area (Å²) < 4.78 is 6.22. The molecular weight excluding hydrogens is 256 g/mol. The number of rotatable bonds is 2. The fourth-order valence-corrected chi connectivity index (χ4v) is 2.08. The first-order valence-electron chi connectivity index (χ1n) is 5.94. The van der Waals surface area contributed by atoms with Gasteiger partial charge in [-0.3, -0.25) is 4.57 Å². The third-order valence-corrected chi connectivity index (χ3v) is 3.06. The number of anilines is 1. The van der Waals surface area contributed by atoms with Crippen LogP contribution in [-0.2, 0) is 4.74 Å². The number of nitrogens with two attached hydrogens (primary N) is 1. The molecule has 6 nitrogen and oxygen atoms in total. The maximum absolute atomic E-state index is 11.6. The van der Waals surface area contributed by atoms with Gasteiger partial charge in [0.05, 0.1) is 18.4 Å². The van der Waals surface area contributed by atoms with Crippen molar-refractivity contribution in [2.24, 2.45) is 0 Å². The molecule has 1 aromatic heterocycles. The Balaban J connectivity index is 2.72. The zero-order chi connectivity index (χ0) is 14.9. The Kier molecular flexibility index (Phi) is 3.44. The molecule has 0 aliphatic heterocycles. The number of esters is 1. The number of nitrogen functional groups attached to an aromatic ring is 1. The molecule has 0 amide bonds. The van der Waals surface area contributed by atoms with Crippen molar-refractivity contribution in [1.82, 2.24) is 9.55 Å². The molecule has 0 fully saturated rings. The van der Waals surface area contributed by atoms with E-state index in [1.165, 1.54) is 7.11 Å². The second-order valence-electron chi connectivity index (χ2n) is 4.30. The zero-order valence-electron chi connectivity index (χ0n) is 11.5. The summed E-state index contributed by atoms with van der Waals surface area (Å²) in [6.45, 7) is 3.55. The van der Waals surface area contributed by atoms with Crippen LogP contribution in [0.1, 0.15) is 27.4 Å². The van der Waals surface area contributed by atoms with Crippen LogP contribution in [0.25, 0.3) is 5.69 Å². The first-order valence-corrected chi connectivity index (χ1v) is 5.94. The minimum absolute atomic E-state index is 0.0513. The van der Waals surface area contributed by atoms with E-state index in [-0.39, 0.29) is 11.5 Å². The largest absolute Gasteiger partial charge is 0.464 e. The summed E-state index contributed by atoms with van der Waals surface area (Å²) in [6.07, 6.45) is 0. The second-order valence-corrected chi connectivity index (χ2v) is 4.30. The van der Waals surface area contributed by atoms with Crippen LogP contribution in [0.4, 0.5) is 5.82 Å². The van der Waals surface area contributed by atoms with Crippen molar-refractivity contribution in [3.8, 4) is 11.8 Å². The van der Waals surface area contributed by atoms with Gasteiger partial charge in [0, 0.05) is 0 Å². The van der Waals surface area contributed by atoms with Crippen molar-refractivity contribution >= 4 is 11.8 Å². The lowest BCUT2D eigenvalue weighted by molar-refractivity contribution is 0.0596. The predicted octanol–water partition coefficient (Wildman–Crippen LogP) is 1.73. The van der Waals surface area contributed by atoms with Crippen LogP contribution in [-0.4, -0.2) is 22.6 Å². The van der Waals surface area contributed by atoms with E-state index in [1.54, 1.807) is 17.6 Å². The molecule has 0 aliphatic carbocycles. The smallest absolute Gasteiger partial charge is 0.360 e. The number of nitriles is 1. The first-order chi connectivity index (χ1) is 9.51. The Morgan fingerprint density at radius 3 is 2.75 bits per heavy atom. The number of nitrogens with zero attached hydrogens (tertiary/aromatic N) is 3. The number of aromatic nitrogens is 2. The topological polar surface area (TPSA) is 93.9 Å². The van der Waals surface area contributed by atoms with Crippen LogP contribution >= 0.6 is 0 Å². The van der Waals surface area contributed by atoms with E-state index in [2.05, 4.69) is 15.8 Å². The molecule has 102 valence electrons. The highest BCUT2D eigenvalue weighted by Crippen LogP contribution is 2.25. The molecule has 0 spiro atoms. The van der Waals surface area contributed by atoms with Crippen molar-refractivity contribution in [1.29, 1.82) is 5.26 Å². The number of benzene rings is 1. The van der Waals surface area contributed by atoms with Crippen LogP contribution in [0.3, 0.4) is 0 Å². The number of imidazole rings is 1. The van der Waals surface area contributed by atoms with E-state index >= 15 is 0 Å². The Labute approximate surface area is 116 Å². The Hall–Kier alpha value is -2.81. The summed E-state index contributed by atoms with van der Waals surface area (Å²) in [7, 11) is 1.27. The minimum atomic E-state index is -0.601. The van der Waals surface area contributed by atoms with E-state index in [0.29, 0.717) is 17.1 Å². The van der Waals surface area contributed by atoms with E-state index in [4.69, 9.17) is 5.73 Å². The standard InChI is InChI=1S/C14H14N4O2/c1-8-5-4-6-11(10(8)7-15)18-9(2)17-12(13(18)16)14(19)20-3/h4-6H,16H2,1-3H3. The Bertz CT molecular complexity index is 726. The van der Waals surface area contributed by atoms with Gasteiger partial charge in [-0.05, 0) is 25.5 Å². The van der Waals surface area contributed by atoms with E-state index in [9.17, 15) is 10.1 Å². The van der Waals surface area contributed by atoms with Crippen molar-refractivity contribution in [3.63, 3.8) is 0 Å². The summed E-state index contributed by atoms with van der Waals surface area (Å²) >= 11 is 0. The molecule has 20 heavy (non-hydrogen) atoms. The zero-order valence-corrected chi connectivity index (χ0v) is 11.5. The molecule has 0 bridgehead atoms. The minimum Gasteiger partial charge on any atom is -0.464 e. The average molecular weight is 270 g/mol. The molecule has 0 saturated carbocycles. The van der Waals surface area contributed by atoms with Gasteiger partial charge < -0.3 is 10.5 Å². The Morgan fingerprint density at radius 1 is 1.45 bits per heavy atom. The van der Waals surface area contributed by atoms with Gasteiger partial charge in [0.2, 0.25) is 0 Å². The first kappa shape index (κ1) is 13.6. The number of ether oxygens (including phenoxy) is 1. The maximum atomic E-state index is 11.6. The highest BCUT2D eigenvalue weighted by atomic mass is 16.5. The predicted molar refractivity (Wildman–Crippen MR) is 73.5 cm³/mol. The third kappa shape index (κ3) is 1.99. The molecule has 0 aliphatic rings. The maximum Gasteiger partial charge on any atom is 0.360 e. The van der Waals surface area contributed by atoms with Gasteiger partial charge in [-0.25, -0.2) is 9.78 Å². The van der Waals surface area contributed by atoms with E-state index in [1.807, 2.05) is 19.1 Å². The number of carbonyl (C=O) groups is 1. The van der Waals surface area contributed by atoms with Crippen LogP contribution in [0, 0.1) is 25.2 Å². The van der Waals surface area contributed by atoms with Gasteiger partial charge in [-0.2, -0.15) is 5.26 Å². The summed E-state index contributed by atoms with van der Waals surface area (Å²) in [6, 6.07) is 7.57. The van der Waals surface area contributed by atoms with Crippen LogP contribution in [0.2, 0.25) is 0 Å². The molecule has 2 N–H and O–H groups in total. The lowest BCUT2D eigenvalue weighted by Gasteiger charge is -2.11. The quantitative estimate of drug-likeness (QED) is 0.839. The van der Waals surface area contributed by atoms with Gasteiger partial charge in [0.25, 0.3) is 0 Å². The number of hydrogen-bond donors (Lipinski definition) is 1. The van der Waals surface area contributed by atoms with E-state index in [0.717, 1.165) is 5.56 Å². The number of methoxy groups -OCH3 is 1. The molecule has 1 aromatic carbocycles. The van der Waals surface area contributed by atoms with Crippen molar-refractivity contribution < 1.29 is 9.53 Å². The Morgan fingerprint density at radius 2 is 2.15 bits per heavy atom. The fraction of sp³-hybridized carbons (Fsp3) is 0.214. The third-order valence-electron chi connectivity index (χ3n) is 3.06. The summed E-state index contributed by atoms with van der Waals surface area (Å²) in [5, 5.41) is 9.29. The number of hydrogen-bond acceptors (Lipinski definition) is 5. The summed E-state index contributed by atoms with van der Waals surface area (Å²) in [5.41, 5.74) is 7.96. The lowest BCUT2D eigenvalue weighted by atomic mass is 10.1. The van der Waals surface area contributed by atoms with Gasteiger partial charge in [-0.1, -0.05) is 12.1 Å². The number of carbonyl (C=O) groups excluding carboxylic acids is 1. The van der Waals surface area contributed by atoms with Crippen LogP contribution < -0.4 is 5.73 Å². The van der Waals surface area contributed by atoms with Crippen LogP contribution in [0.15, 0.2) is 18.2 Å². The highest BCUT2D eigenvalue weighted by Gasteiger charge is 2.21. The summed E-state index contributed by atoms with van der Waals surface area (Å²) in [5.74, 6) is 0.0805. The normalized spacial score (nSPS) is 10.1. The van der Waals surface area contributed by atoms with E-state index < -0.39 is 5.97 Å². The van der Waals surface area contributed by atoms with Gasteiger partial charge >= 0.3 is 5.97 Å². The molecule has 2 rings (SSSR count). The monoisotopic (exact) mass is 270 g/mol. The molecule has 0 unspecified atom stereocenters. The molecule has 0 saturated heterocycles. The molecule has 2 aromatic rings. The summed E-state index contributed by atoms with van der Waals surface area (Å²) in [4.78, 5) is 15.7. The SMILES string of the molecule is COC(=O)c1nc(C)n(-c2cccc(C)c2C#N)c1N. The fourth-order valence-electron chi connectivity index (χ4n) is 2.08. The molecule has 0 atom stereocenters. The second kappa shape index (κ2) is 5.05. The average Bonchev–Trinajstić information content (AvgIpc) is 2.73. The molecular formula is C14H14N4O2. The van der Waals surface area contributed by atoms with Crippen molar-refractivity contribution in [2.45, 2.75) is 13.8 Å². The van der Waals surface area contributed by atoms with Crippen molar-refractivity contribution in [3.05, 3.63) is 40.8 Å².